The van der Waals surface area contributed by atoms with Gasteiger partial charge in [0.25, 0.3) is 0 Å². The topological polar surface area (TPSA) is 289 Å². The Balaban J connectivity index is 1.56. The molecule has 0 aliphatic heterocycles. The minimum Gasteiger partial charge on any atom is -0.504 e. The summed E-state index contributed by atoms with van der Waals surface area (Å²) in [6.07, 6.45) is -4.82. The summed E-state index contributed by atoms with van der Waals surface area (Å²) in [7, 11) is 0. The summed E-state index contributed by atoms with van der Waals surface area (Å²) in [5.74, 6) is -15.9. The average Bonchev–Trinajstić information content (AvgIpc) is 3.06. The molecule has 16 heteroatoms. The quantitative estimate of drug-likeness (QED) is 0.0743. The molecule has 1 saturated carbocycles. The van der Waals surface area contributed by atoms with Gasteiger partial charge in [-0.25, -0.2) is 9.59 Å². The van der Waals surface area contributed by atoms with Crippen LogP contribution in [-0.4, -0.2) is 87.2 Å². The fourth-order valence-corrected chi connectivity index (χ4v) is 6.28. The van der Waals surface area contributed by atoms with Crippen molar-refractivity contribution in [2.24, 2.45) is 11.8 Å². The van der Waals surface area contributed by atoms with Crippen LogP contribution in [0.15, 0.2) is 72.8 Å². The first-order chi connectivity index (χ1) is 24.5. The first-order valence-electron chi connectivity index (χ1n) is 15.5. The third kappa shape index (κ3) is 7.50. The van der Waals surface area contributed by atoms with Crippen molar-refractivity contribution in [3.8, 4) is 46.0 Å². The van der Waals surface area contributed by atoms with E-state index in [-0.39, 0.29) is 22.3 Å². The number of aliphatic carboxylic acids is 2. The Labute approximate surface area is 293 Å². The second kappa shape index (κ2) is 14.6. The predicted octanol–water partition coefficient (Wildman–Crippen LogP) is 2.92. The lowest BCUT2D eigenvalue weighted by atomic mass is 9.52. The van der Waals surface area contributed by atoms with E-state index < -0.39 is 119 Å². The van der Waals surface area contributed by atoms with Crippen LogP contribution in [0.25, 0.3) is 0 Å². The zero-order chi connectivity index (χ0) is 38.0. The molecule has 0 saturated heterocycles. The molecule has 4 aromatic carbocycles. The summed E-state index contributed by atoms with van der Waals surface area (Å²) in [5.41, 5.74) is 0.538. The van der Waals surface area contributed by atoms with Gasteiger partial charge in [-0.1, -0.05) is 24.3 Å². The van der Waals surface area contributed by atoms with Crippen LogP contribution in [0.2, 0.25) is 0 Å². The van der Waals surface area contributed by atoms with E-state index in [0.29, 0.717) is 0 Å². The molecule has 4 aromatic rings. The first kappa shape index (κ1) is 36.4. The Hall–Kier alpha value is -6.84. The normalized spacial score (nSPS) is 19.1. The lowest BCUT2D eigenvalue weighted by Gasteiger charge is -2.50. The number of carbonyl (C=O) groups excluding carboxylic acids is 2. The number of hydrogen-bond donors (Lipinski definition) is 10. The maximum atomic E-state index is 14.0. The molecule has 52 heavy (non-hydrogen) atoms. The number of carboxylic acids is 2. The zero-order valence-electron chi connectivity index (χ0n) is 26.7. The first-order valence-corrected chi connectivity index (χ1v) is 15.5. The van der Waals surface area contributed by atoms with E-state index >= 15 is 0 Å². The standard InChI is InChI=1S/C36H32O16/c37-19-5-1-15(9-23(19)41)11-27(33(45)46)51-35(49)31-29(17-3-7-21(39)25(43)13-17)30(18-4-8-22(40)26(44)14-18)32(31)36(50)52-28(34(47)48)12-16-2-6-20(38)24(42)10-16/h1-10,13-14,27-32,37-44H,11-12H2,(H,45,46)(H,47,48). The minimum absolute atomic E-state index is 0.128. The molecule has 1 fully saturated rings. The molecular weight excluding hydrogens is 688 g/mol. The van der Waals surface area contributed by atoms with E-state index in [1.54, 1.807) is 0 Å². The monoisotopic (exact) mass is 720 g/mol. The highest BCUT2D eigenvalue weighted by Gasteiger charge is 2.60. The molecule has 6 unspecified atom stereocenters. The van der Waals surface area contributed by atoms with Gasteiger partial charge in [-0.2, -0.15) is 0 Å². The van der Waals surface area contributed by atoms with Crippen LogP contribution in [0.3, 0.4) is 0 Å². The molecule has 1 aliphatic rings. The molecule has 0 radical (unpaired) electrons. The van der Waals surface area contributed by atoms with Crippen molar-refractivity contribution in [1.29, 1.82) is 0 Å². The smallest absolute Gasteiger partial charge is 0.345 e. The summed E-state index contributed by atoms with van der Waals surface area (Å²) >= 11 is 0. The van der Waals surface area contributed by atoms with Gasteiger partial charge in [-0.15, -0.1) is 0 Å². The fourth-order valence-electron chi connectivity index (χ4n) is 6.28. The van der Waals surface area contributed by atoms with E-state index in [2.05, 4.69) is 0 Å². The Bertz CT molecular complexity index is 1900. The van der Waals surface area contributed by atoms with E-state index in [0.717, 1.165) is 48.5 Å². The highest BCUT2D eigenvalue weighted by Crippen LogP contribution is 2.60. The van der Waals surface area contributed by atoms with Gasteiger partial charge in [-0.3, -0.25) is 9.59 Å². The van der Waals surface area contributed by atoms with Gasteiger partial charge in [0.2, 0.25) is 12.2 Å². The number of carbonyl (C=O) groups is 4. The lowest BCUT2D eigenvalue weighted by Crippen LogP contribution is -2.54. The maximum absolute atomic E-state index is 14.0. The van der Waals surface area contributed by atoms with E-state index in [1.807, 2.05) is 0 Å². The van der Waals surface area contributed by atoms with Crippen LogP contribution in [-0.2, 0) is 41.5 Å². The Morgan fingerprint density at radius 1 is 0.462 bits per heavy atom. The summed E-state index contributed by atoms with van der Waals surface area (Å²) in [6, 6.07) is 13.8. The van der Waals surface area contributed by atoms with Crippen molar-refractivity contribution in [3.05, 3.63) is 95.1 Å². The van der Waals surface area contributed by atoms with Crippen molar-refractivity contribution < 1.29 is 79.7 Å². The van der Waals surface area contributed by atoms with Gasteiger partial charge in [0.15, 0.2) is 46.0 Å². The molecule has 16 nitrogen and oxygen atoms in total. The van der Waals surface area contributed by atoms with Gasteiger partial charge in [0, 0.05) is 24.7 Å². The summed E-state index contributed by atoms with van der Waals surface area (Å²) in [5, 5.41) is 99.6. The molecule has 0 amide bonds. The molecule has 0 spiro atoms. The van der Waals surface area contributed by atoms with Gasteiger partial charge in [0.1, 0.15) is 0 Å². The number of benzene rings is 4. The van der Waals surface area contributed by atoms with Gasteiger partial charge < -0.3 is 60.5 Å². The Morgan fingerprint density at radius 2 is 0.769 bits per heavy atom. The van der Waals surface area contributed by atoms with Crippen LogP contribution in [0.5, 0.6) is 46.0 Å². The highest BCUT2D eigenvalue weighted by atomic mass is 16.6. The van der Waals surface area contributed by atoms with E-state index in [4.69, 9.17) is 9.47 Å². The number of phenols is 8. The van der Waals surface area contributed by atoms with Gasteiger partial charge >= 0.3 is 23.9 Å². The number of rotatable bonds is 12. The second-order valence-electron chi connectivity index (χ2n) is 12.2. The van der Waals surface area contributed by atoms with Gasteiger partial charge in [-0.05, 0) is 70.8 Å². The number of ether oxygens (including phenoxy) is 2. The van der Waals surface area contributed by atoms with Gasteiger partial charge in [0.05, 0.1) is 11.8 Å². The summed E-state index contributed by atoms with van der Waals surface area (Å²) < 4.78 is 10.8. The van der Waals surface area contributed by atoms with Crippen molar-refractivity contribution in [2.75, 3.05) is 0 Å². The molecule has 0 aromatic heterocycles. The molecule has 272 valence electrons. The summed E-state index contributed by atoms with van der Waals surface area (Å²) in [6.45, 7) is 0. The van der Waals surface area contributed by atoms with Crippen LogP contribution < -0.4 is 0 Å². The third-order valence-corrected chi connectivity index (χ3v) is 8.85. The SMILES string of the molecule is O=C(O)C(Cc1ccc(O)c(O)c1)OC(=O)C1C(C(=O)OC(Cc2ccc(O)c(O)c2)C(=O)O)C(c2ccc(O)c(O)c2)C1c1ccc(O)c(O)c1. The van der Waals surface area contributed by atoms with E-state index in [9.17, 15) is 70.2 Å². The zero-order valence-corrected chi connectivity index (χ0v) is 26.7. The number of phenolic OH excluding ortho intramolecular Hbond substituents is 8. The van der Waals surface area contributed by atoms with Crippen molar-refractivity contribution in [2.45, 2.75) is 36.9 Å². The molecule has 6 atom stereocenters. The Kier molecular flexibility index (Phi) is 10.2. The maximum Gasteiger partial charge on any atom is 0.345 e. The third-order valence-electron chi connectivity index (χ3n) is 8.85. The van der Waals surface area contributed by atoms with Crippen molar-refractivity contribution >= 4 is 23.9 Å². The Morgan fingerprint density at radius 3 is 1.06 bits per heavy atom. The molecule has 0 bridgehead atoms. The largest absolute Gasteiger partial charge is 0.504 e. The van der Waals surface area contributed by atoms with Crippen LogP contribution in [0.4, 0.5) is 0 Å². The van der Waals surface area contributed by atoms with Crippen molar-refractivity contribution in [3.63, 3.8) is 0 Å². The minimum atomic E-state index is -1.91. The van der Waals surface area contributed by atoms with Crippen LogP contribution >= 0.6 is 0 Å². The van der Waals surface area contributed by atoms with Crippen LogP contribution in [0, 0.1) is 11.8 Å². The molecular formula is C36H32O16. The summed E-state index contributed by atoms with van der Waals surface area (Å²) in [4.78, 5) is 52.6. The van der Waals surface area contributed by atoms with E-state index in [1.165, 1.54) is 24.3 Å². The predicted molar refractivity (Wildman–Crippen MR) is 174 cm³/mol. The molecule has 5 rings (SSSR count). The number of esters is 2. The number of carboxylic acid groups (broad SMARTS) is 2. The number of hydrogen-bond acceptors (Lipinski definition) is 14. The highest BCUT2D eigenvalue weighted by molar-refractivity contribution is 5.90. The molecule has 0 heterocycles. The second-order valence-corrected chi connectivity index (χ2v) is 12.2. The lowest BCUT2D eigenvalue weighted by molar-refractivity contribution is -0.184. The molecule has 1 aliphatic carbocycles. The average molecular weight is 721 g/mol. The molecule has 10 N–H and O–H groups in total. The fraction of sp³-hybridized carbons (Fsp3) is 0.222. The van der Waals surface area contributed by atoms with Crippen molar-refractivity contribution in [1.82, 2.24) is 0 Å². The van der Waals surface area contributed by atoms with Crippen LogP contribution in [0.1, 0.15) is 34.1 Å². The number of aromatic hydroxyl groups is 8.